The zero-order valence-corrected chi connectivity index (χ0v) is 19.6. The molecule has 178 valence electrons. The average molecular weight is 456 g/mol. The number of benzene rings is 2. The summed E-state index contributed by atoms with van der Waals surface area (Å²) in [6, 6.07) is 13.1. The van der Waals surface area contributed by atoms with E-state index in [1.54, 1.807) is 39.5 Å². The van der Waals surface area contributed by atoms with Crippen LogP contribution in [0.5, 0.6) is 17.2 Å². The maximum atomic E-state index is 12.5. The Hall–Kier alpha value is -3.26. The number of hydrogen-bond donors (Lipinski definition) is 2. The Morgan fingerprint density at radius 1 is 0.970 bits per heavy atom. The van der Waals surface area contributed by atoms with E-state index < -0.39 is 0 Å². The van der Waals surface area contributed by atoms with E-state index in [9.17, 15) is 9.59 Å². The lowest BCUT2D eigenvalue weighted by molar-refractivity contribution is -0.126. The number of methoxy groups -OCH3 is 3. The molecule has 1 fully saturated rings. The monoisotopic (exact) mass is 455 g/mol. The highest BCUT2D eigenvalue weighted by Gasteiger charge is 2.25. The van der Waals surface area contributed by atoms with E-state index in [0.717, 1.165) is 30.6 Å². The van der Waals surface area contributed by atoms with Gasteiger partial charge in [-0.1, -0.05) is 12.1 Å². The predicted molar refractivity (Wildman–Crippen MR) is 127 cm³/mol. The SMILES string of the molecule is COc1cccc(CCNC(=O)C2CCN(CC(=O)Nc3ccc(OC)c(OC)c3)CC2)c1. The van der Waals surface area contributed by atoms with Crippen LogP contribution in [-0.4, -0.2) is 64.2 Å². The van der Waals surface area contributed by atoms with E-state index >= 15 is 0 Å². The lowest BCUT2D eigenvalue weighted by Gasteiger charge is -2.30. The highest BCUT2D eigenvalue weighted by atomic mass is 16.5. The van der Waals surface area contributed by atoms with Gasteiger partial charge in [0.2, 0.25) is 11.8 Å². The molecule has 0 bridgehead atoms. The molecular weight excluding hydrogens is 422 g/mol. The van der Waals surface area contributed by atoms with Gasteiger partial charge in [-0.3, -0.25) is 14.5 Å². The molecule has 8 heteroatoms. The first-order chi connectivity index (χ1) is 16.0. The van der Waals surface area contributed by atoms with E-state index in [-0.39, 0.29) is 17.7 Å². The molecule has 8 nitrogen and oxygen atoms in total. The molecule has 1 aliphatic heterocycles. The molecule has 2 N–H and O–H groups in total. The van der Waals surface area contributed by atoms with Gasteiger partial charge in [0.05, 0.1) is 27.9 Å². The summed E-state index contributed by atoms with van der Waals surface area (Å²) >= 11 is 0. The van der Waals surface area contributed by atoms with Crippen LogP contribution in [0.25, 0.3) is 0 Å². The third-order valence-electron chi connectivity index (χ3n) is 5.84. The van der Waals surface area contributed by atoms with Crippen LogP contribution in [0.1, 0.15) is 18.4 Å². The summed E-state index contributed by atoms with van der Waals surface area (Å²) in [7, 11) is 4.77. The van der Waals surface area contributed by atoms with Gasteiger partial charge in [-0.05, 0) is 62.2 Å². The minimum absolute atomic E-state index is 0.0135. The summed E-state index contributed by atoms with van der Waals surface area (Å²) in [4.78, 5) is 27.1. The van der Waals surface area contributed by atoms with Crippen LogP contribution in [0.3, 0.4) is 0 Å². The number of anilines is 1. The van der Waals surface area contributed by atoms with Gasteiger partial charge in [0.15, 0.2) is 11.5 Å². The molecule has 1 heterocycles. The first kappa shape index (κ1) is 24.4. The molecule has 0 aliphatic carbocycles. The number of rotatable bonds is 10. The molecule has 2 aromatic rings. The zero-order valence-electron chi connectivity index (χ0n) is 19.6. The molecule has 0 radical (unpaired) electrons. The minimum atomic E-state index is -0.0941. The molecule has 0 aromatic heterocycles. The third-order valence-corrected chi connectivity index (χ3v) is 5.84. The Morgan fingerprint density at radius 2 is 1.73 bits per heavy atom. The average Bonchev–Trinajstić information content (AvgIpc) is 2.84. The van der Waals surface area contributed by atoms with Gasteiger partial charge in [-0.25, -0.2) is 0 Å². The fraction of sp³-hybridized carbons (Fsp3) is 0.440. The van der Waals surface area contributed by atoms with Crippen molar-refractivity contribution in [3.63, 3.8) is 0 Å². The Balaban J connectivity index is 1.38. The second-order valence-corrected chi connectivity index (χ2v) is 8.06. The maximum Gasteiger partial charge on any atom is 0.238 e. The number of amides is 2. The molecule has 1 aliphatic rings. The summed E-state index contributed by atoms with van der Waals surface area (Å²) in [5.74, 6) is 1.98. The van der Waals surface area contributed by atoms with E-state index in [1.807, 2.05) is 24.3 Å². The molecule has 2 aromatic carbocycles. The number of ether oxygens (including phenoxy) is 3. The summed E-state index contributed by atoms with van der Waals surface area (Å²) in [5.41, 5.74) is 1.79. The van der Waals surface area contributed by atoms with Gasteiger partial charge >= 0.3 is 0 Å². The van der Waals surface area contributed by atoms with E-state index in [2.05, 4.69) is 15.5 Å². The maximum absolute atomic E-state index is 12.5. The Bertz CT molecular complexity index is 941. The van der Waals surface area contributed by atoms with Gasteiger partial charge in [-0.2, -0.15) is 0 Å². The van der Waals surface area contributed by atoms with E-state index in [1.165, 1.54) is 0 Å². The van der Waals surface area contributed by atoms with Crippen molar-refractivity contribution >= 4 is 17.5 Å². The third kappa shape index (κ3) is 7.12. The van der Waals surface area contributed by atoms with Gasteiger partial charge in [0.1, 0.15) is 5.75 Å². The molecule has 2 amide bonds. The van der Waals surface area contributed by atoms with Crippen LogP contribution >= 0.6 is 0 Å². The van der Waals surface area contributed by atoms with Crippen molar-refractivity contribution in [3.8, 4) is 17.2 Å². The molecule has 0 atom stereocenters. The Labute approximate surface area is 195 Å². The second-order valence-electron chi connectivity index (χ2n) is 8.06. The van der Waals surface area contributed by atoms with Gasteiger partial charge in [-0.15, -0.1) is 0 Å². The number of carbonyl (C=O) groups excluding carboxylic acids is 2. The van der Waals surface area contributed by atoms with Gasteiger partial charge in [0.25, 0.3) is 0 Å². The largest absolute Gasteiger partial charge is 0.497 e. The van der Waals surface area contributed by atoms with E-state index in [0.29, 0.717) is 43.4 Å². The van der Waals surface area contributed by atoms with Crippen molar-refractivity contribution in [3.05, 3.63) is 48.0 Å². The zero-order chi connectivity index (χ0) is 23.6. The minimum Gasteiger partial charge on any atom is -0.497 e. The fourth-order valence-corrected chi connectivity index (χ4v) is 3.97. The highest BCUT2D eigenvalue weighted by molar-refractivity contribution is 5.92. The number of nitrogens with one attached hydrogen (secondary N) is 2. The Morgan fingerprint density at radius 3 is 2.42 bits per heavy atom. The first-order valence-corrected chi connectivity index (χ1v) is 11.2. The molecule has 33 heavy (non-hydrogen) atoms. The number of carbonyl (C=O) groups is 2. The van der Waals surface area contributed by atoms with Gasteiger partial charge < -0.3 is 24.8 Å². The predicted octanol–water partition coefficient (Wildman–Crippen LogP) is 2.72. The van der Waals surface area contributed by atoms with Crippen LogP contribution in [0.2, 0.25) is 0 Å². The van der Waals surface area contributed by atoms with Crippen LogP contribution in [0.15, 0.2) is 42.5 Å². The second kappa shape index (κ2) is 12.1. The van der Waals surface area contributed by atoms with Crippen molar-refractivity contribution in [2.24, 2.45) is 5.92 Å². The summed E-state index contributed by atoms with van der Waals surface area (Å²) in [6.45, 7) is 2.32. The lowest BCUT2D eigenvalue weighted by atomic mass is 9.96. The number of nitrogens with zero attached hydrogens (tertiary/aromatic N) is 1. The van der Waals surface area contributed by atoms with Crippen LogP contribution in [-0.2, 0) is 16.0 Å². The quantitative estimate of drug-likeness (QED) is 0.573. The summed E-state index contributed by atoms with van der Waals surface area (Å²) in [6.07, 6.45) is 2.25. The first-order valence-electron chi connectivity index (χ1n) is 11.2. The normalized spacial score (nSPS) is 14.4. The molecule has 0 unspecified atom stereocenters. The van der Waals surface area contributed by atoms with Crippen LogP contribution in [0, 0.1) is 5.92 Å². The topological polar surface area (TPSA) is 89.1 Å². The molecular formula is C25H33N3O5. The summed E-state index contributed by atoms with van der Waals surface area (Å²) < 4.78 is 15.7. The van der Waals surface area contributed by atoms with Crippen molar-refractivity contribution < 1.29 is 23.8 Å². The Kier molecular flexibility index (Phi) is 8.95. The molecule has 0 saturated carbocycles. The number of hydrogen-bond acceptors (Lipinski definition) is 6. The lowest BCUT2D eigenvalue weighted by Crippen LogP contribution is -2.43. The molecule has 0 spiro atoms. The van der Waals surface area contributed by atoms with Crippen molar-refractivity contribution in [2.45, 2.75) is 19.3 Å². The number of piperidine rings is 1. The smallest absolute Gasteiger partial charge is 0.238 e. The van der Waals surface area contributed by atoms with Crippen molar-refractivity contribution in [2.75, 3.05) is 52.8 Å². The van der Waals surface area contributed by atoms with Crippen molar-refractivity contribution in [1.82, 2.24) is 10.2 Å². The van der Waals surface area contributed by atoms with Crippen molar-refractivity contribution in [1.29, 1.82) is 0 Å². The fourth-order valence-electron chi connectivity index (χ4n) is 3.97. The molecule has 3 rings (SSSR count). The standard InChI is InChI=1S/C25H33N3O5/c1-31-21-6-4-5-18(15-21)9-12-26-25(30)19-10-13-28(14-11-19)17-24(29)27-20-7-8-22(32-2)23(16-20)33-3/h4-8,15-16,19H,9-14,17H2,1-3H3,(H,26,30)(H,27,29). The van der Waals surface area contributed by atoms with Gasteiger partial charge in [0, 0.05) is 24.2 Å². The summed E-state index contributed by atoms with van der Waals surface area (Å²) in [5, 5.41) is 5.94. The van der Waals surface area contributed by atoms with Crippen LogP contribution < -0.4 is 24.8 Å². The van der Waals surface area contributed by atoms with E-state index in [4.69, 9.17) is 14.2 Å². The highest BCUT2D eigenvalue weighted by Crippen LogP contribution is 2.29. The molecule has 1 saturated heterocycles. The number of likely N-dealkylation sites (tertiary alicyclic amines) is 1. The van der Waals surface area contributed by atoms with Crippen LogP contribution in [0.4, 0.5) is 5.69 Å².